The minimum Gasteiger partial charge on any atom is -0.399 e. The SMILES string of the molecule is Nc1ccc2c(c1)C(c1ccccc1)(N(c1ccccc1)c1ccc3ccccc3c1)c1ccccc1-2. The number of benzene rings is 6. The molecule has 0 saturated heterocycles. The highest BCUT2D eigenvalue weighted by atomic mass is 15.2. The van der Waals surface area contributed by atoms with Crippen molar-refractivity contribution in [1.82, 2.24) is 0 Å². The molecule has 1 aliphatic rings. The zero-order valence-electron chi connectivity index (χ0n) is 20.4. The number of anilines is 3. The second kappa shape index (κ2) is 8.39. The fourth-order valence-electron chi connectivity index (χ4n) is 6.06. The maximum absolute atomic E-state index is 6.50. The minimum atomic E-state index is -0.619. The Balaban J connectivity index is 1.65. The Hall–Kier alpha value is -4.82. The molecule has 0 aromatic heterocycles. The van der Waals surface area contributed by atoms with Crippen LogP contribution in [0.1, 0.15) is 16.7 Å². The number of nitrogen functional groups attached to an aromatic ring is 1. The fourth-order valence-corrected chi connectivity index (χ4v) is 6.06. The Labute approximate surface area is 217 Å². The molecule has 0 heterocycles. The molecule has 0 fully saturated rings. The van der Waals surface area contributed by atoms with Crippen molar-refractivity contribution >= 4 is 27.8 Å². The maximum Gasteiger partial charge on any atom is 0.122 e. The van der Waals surface area contributed by atoms with E-state index >= 15 is 0 Å². The van der Waals surface area contributed by atoms with Crippen LogP contribution in [-0.4, -0.2) is 0 Å². The third kappa shape index (κ3) is 3.19. The summed E-state index contributed by atoms with van der Waals surface area (Å²) in [6.45, 7) is 0. The largest absolute Gasteiger partial charge is 0.399 e. The molecule has 176 valence electrons. The van der Waals surface area contributed by atoms with Crippen LogP contribution < -0.4 is 10.6 Å². The molecular weight excluding hydrogens is 448 g/mol. The van der Waals surface area contributed by atoms with E-state index < -0.39 is 5.54 Å². The molecule has 2 N–H and O–H groups in total. The van der Waals surface area contributed by atoms with Crippen LogP contribution in [0.4, 0.5) is 17.1 Å². The average molecular weight is 475 g/mol. The Morgan fingerprint density at radius 2 is 1.11 bits per heavy atom. The normalized spacial score (nSPS) is 15.8. The highest BCUT2D eigenvalue weighted by Gasteiger charge is 2.50. The van der Waals surface area contributed by atoms with Crippen LogP contribution >= 0.6 is 0 Å². The van der Waals surface area contributed by atoms with Gasteiger partial charge in [-0.15, -0.1) is 0 Å². The number of fused-ring (bicyclic) bond motifs is 4. The van der Waals surface area contributed by atoms with Crippen molar-refractivity contribution in [3.05, 3.63) is 162 Å². The topological polar surface area (TPSA) is 29.3 Å². The zero-order valence-corrected chi connectivity index (χ0v) is 20.4. The van der Waals surface area contributed by atoms with Gasteiger partial charge in [-0.05, 0) is 75.0 Å². The Bertz CT molecular complexity index is 1740. The molecule has 0 aliphatic heterocycles. The van der Waals surface area contributed by atoms with E-state index in [1.54, 1.807) is 0 Å². The van der Waals surface area contributed by atoms with Gasteiger partial charge in [0.15, 0.2) is 0 Å². The van der Waals surface area contributed by atoms with E-state index in [1.165, 1.54) is 38.6 Å². The molecule has 7 rings (SSSR count). The van der Waals surface area contributed by atoms with E-state index in [0.717, 1.165) is 17.1 Å². The van der Waals surface area contributed by atoms with Crippen molar-refractivity contribution in [3.63, 3.8) is 0 Å². The van der Waals surface area contributed by atoms with Crippen LogP contribution in [0.15, 0.2) is 146 Å². The van der Waals surface area contributed by atoms with Crippen LogP contribution in [0.5, 0.6) is 0 Å². The number of nitrogens with zero attached hydrogens (tertiary/aromatic N) is 1. The minimum absolute atomic E-state index is 0.619. The number of rotatable bonds is 4. The first-order valence-electron chi connectivity index (χ1n) is 12.7. The molecule has 1 unspecified atom stereocenters. The lowest BCUT2D eigenvalue weighted by atomic mass is 9.78. The summed E-state index contributed by atoms with van der Waals surface area (Å²) in [6, 6.07) is 52.0. The van der Waals surface area contributed by atoms with Crippen molar-refractivity contribution in [3.8, 4) is 11.1 Å². The van der Waals surface area contributed by atoms with Gasteiger partial charge < -0.3 is 10.6 Å². The van der Waals surface area contributed by atoms with Gasteiger partial charge in [-0.2, -0.15) is 0 Å². The van der Waals surface area contributed by atoms with Gasteiger partial charge in [0.2, 0.25) is 0 Å². The van der Waals surface area contributed by atoms with Gasteiger partial charge in [-0.3, -0.25) is 0 Å². The van der Waals surface area contributed by atoms with Gasteiger partial charge in [-0.1, -0.05) is 109 Å². The molecule has 2 nitrogen and oxygen atoms in total. The zero-order chi connectivity index (χ0) is 24.8. The van der Waals surface area contributed by atoms with Crippen LogP contribution in [0.3, 0.4) is 0 Å². The summed E-state index contributed by atoms with van der Waals surface area (Å²) in [4.78, 5) is 2.50. The highest BCUT2D eigenvalue weighted by molar-refractivity contribution is 5.92. The van der Waals surface area contributed by atoms with Gasteiger partial charge in [-0.25, -0.2) is 0 Å². The van der Waals surface area contributed by atoms with Crippen molar-refractivity contribution in [2.24, 2.45) is 0 Å². The lowest BCUT2D eigenvalue weighted by Crippen LogP contribution is -2.44. The predicted octanol–water partition coefficient (Wildman–Crippen LogP) is 8.53. The first kappa shape index (κ1) is 21.5. The van der Waals surface area contributed by atoms with Gasteiger partial charge in [0, 0.05) is 17.1 Å². The summed E-state index contributed by atoms with van der Waals surface area (Å²) in [5, 5.41) is 2.44. The van der Waals surface area contributed by atoms with E-state index in [1.807, 2.05) is 6.07 Å². The Kier molecular flexibility index (Phi) is 4.87. The third-order valence-electron chi connectivity index (χ3n) is 7.57. The van der Waals surface area contributed by atoms with Crippen molar-refractivity contribution < 1.29 is 0 Å². The predicted molar refractivity (Wildman–Crippen MR) is 155 cm³/mol. The summed E-state index contributed by atoms with van der Waals surface area (Å²) in [6.07, 6.45) is 0. The molecule has 1 aliphatic carbocycles. The summed E-state index contributed by atoms with van der Waals surface area (Å²) in [5.41, 5.74) is 15.0. The van der Waals surface area contributed by atoms with Crippen LogP contribution in [0.25, 0.3) is 21.9 Å². The van der Waals surface area contributed by atoms with E-state index in [4.69, 9.17) is 5.73 Å². The summed E-state index contributed by atoms with van der Waals surface area (Å²) >= 11 is 0. The van der Waals surface area contributed by atoms with Crippen LogP contribution in [0, 0.1) is 0 Å². The monoisotopic (exact) mass is 474 g/mol. The van der Waals surface area contributed by atoms with Gasteiger partial charge >= 0.3 is 0 Å². The first-order valence-corrected chi connectivity index (χ1v) is 12.7. The number of hydrogen-bond donors (Lipinski definition) is 1. The Morgan fingerprint density at radius 1 is 0.459 bits per heavy atom. The number of nitrogens with two attached hydrogens (primary N) is 1. The molecule has 1 atom stereocenters. The summed E-state index contributed by atoms with van der Waals surface area (Å²) < 4.78 is 0. The number of hydrogen-bond acceptors (Lipinski definition) is 2. The second-order valence-electron chi connectivity index (χ2n) is 9.63. The molecule has 0 radical (unpaired) electrons. The molecule has 2 heteroatoms. The Morgan fingerprint density at radius 3 is 1.92 bits per heavy atom. The molecule has 0 amide bonds. The molecule has 6 aromatic rings. The van der Waals surface area contributed by atoms with Crippen LogP contribution in [-0.2, 0) is 5.54 Å². The van der Waals surface area contributed by atoms with E-state index in [-0.39, 0.29) is 0 Å². The maximum atomic E-state index is 6.50. The van der Waals surface area contributed by atoms with E-state index in [0.29, 0.717) is 0 Å². The van der Waals surface area contributed by atoms with Gasteiger partial charge in [0.1, 0.15) is 5.54 Å². The molecule has 6 aromatic carbocycles. The fraction of sp³-hybridized carbons (Fsp3) is 0.0286. The molecule has 0 saturated carbocycles. The van der Waals surface area contributed by atoms with Gasteiger partial charge in [0.25, 0.3) is 0 Å². The summed E-state index contributed by atoms with van der Waals surface area (Å²) in [7, 11) is 0. The number of para-hydroxylation sites is 1. The van der Waals surface area contributed by atoms with Gasteiger partial charge in [0.05, 0.1) is 0 Å². The van der Waals surface area contributed by atoms with Crippen LogP contribution in [0.2, 0.25) is 0 Å². The molecule has 0 bridgehead atoms. The van der Waals surface area contributed by atoms with Crippen molar-refractivity contribution in [2.45, 2.75) is 5.54 Å². The molecule has 37 heavy (non-hydrogen) atoms. The lowest BCUT2D eigenvalue weighted by molar-refractivity contribution is 0.644. The second-order valence-corrected chi connectivity index (χ2v) is 9.63. The molecular formula is C35H26N2. The lowest BCUT2D eigenvalue weighted by Gasteiger charge is -2.45. The smallest absolute Gasteiger partial charge is 0.122 e. The summed E-state index contributed by atoms with van der Waals surface area (Å²) in [5.74, 6) is 0. The van der Waals surface area contributed by atoms with Crippen molar-refractivity contribution in [2.75, 3.05) is 10.6 Å². The van der Waals surface area contributed by atoms with E-state index in [9.17, 15) is 0 Å². The van der Waals surface area contributed by atoms with Crippen molar-refractivity contribution in [1.29, 1.82) is 0 Å². The first-order chi connectivity index (χ1) is 18.3. The third-order valence-corrected chi connectivity index (χ3v) is 7.57. The highest BCUT2D eigenvalue weighted by Crippen LogP contribution is 2.58. The quantitative estimate of drug-likeness (QED) is 0.259. The molecule has 0 spiro atoms. The average Bonchev–Trinajstić information content (AvgIpc) is 3.24. The van der Waals surface area contributed by atoms with E-state index in [2.05, 4.69) is 144 Å². The standard InChI is InChI=1S/C35H26N2/c36-28-20-22-32-31-17-9-10-18-33(31)35(34(32)24-28,27-13-3-1-4-14-27)37(29-15-5-2-6-16-29)30-21-19-25-11-7-8-12-26(25)23-30/h1-24H,36H2.